The molecule has 2 N–H and O–H groups in total. The fraction of sp³-hybridized carbons (Fsp3) is 0.227. The van der Waals surface area contributed by atoms with Gasteiger partial charge in [0.25, 0.3) is 5.91 Å². The molecule has 1 atom stereocenters. The molecular weight excluding hydrogens is 416 g/mol. The third-order valence-corrected chi connectivity index (χ3v) is 7.05. The van der Waals surface area contributed by atoms with E-state index in [-0.39, 0.29) is 11.8 Å². The third kappa shape index (κ3) is 3.32. The van der Waals surface area contributed by atoms with Crippen LogP contribution in [0.25, 0.3) is 22.2 Å². The van der Waals surface area contributed by atoms with E-state index in [4.69, 9.17) is 0 Å². The number of thiophene rings is 1. The molecule has 152 valence electrons. The summed E-state index contributed by atoms with van der Waals surface area (Å²) in [5, 5.41) is 8.43. The third-order valence-electron chi connectivity index (χ3n) is 5.43. The Morgan fingerprint density at radius 2 is 2.07 bits per heavy atom. The van der Waals surface area contributed by atoms with E-state index >= 15 is 0 Å². The van der Waals surface area contributed by atoms with Gasteiger partial charge >= 0.3 is 0 Å². The zero-order chi connectivity index (χ0) is 20.7. The van der Waals surface area contributed by atoms with Crippen LogP contribution in [0.1, 0.15) is 28.2 Å². The fourth-order valence-electron chi connectivity index (χ4n) is 4.07. The molecule has 1 fully saturated rings. The lowest BCUT2D eigenvalue weighted by atomic mass is 10.1. The van der Waals surface area contributed by atoms with Gasteiger partial charge in [-0.25, -0.2) is 4.98 Å². The Hall–Kier alpha value is -2.97. The molecule has 8 heteroatoms. The number of aryl methyl sites for hydroxylation is 1. The molecule has 5 rings (SSSR count). The first-order chi connectivity index (χ1) is 14.6. The van der Waals surface area contributed by atoms with Crippen LogP contribution in [0.4, 0.5) is 5.13 Å². The maximum Gasteiger partial charge on any atom is 0.264 e. The summed E-state index contributed by atoms with van der Waals surface area (Å²) in [6.45, 7) is 2.63. The van der Waals surface area contributed by atoms with Crippen molar-refractivity contribution in [2.45, 2.75) is 25.8 Å². The Morgan fingerprint density at radius 3 is 2.90 bits per heavy atom. The van der Waals surface area contributed by atoms with Gasteiger partial charge in [0.2, 0.25) is 5.91 Å². The van der Waals surface area contributed by atoms with Gasteiger partial charge in [0.1, 0.15) is 6.04 Å². The number of rotatable bonds is 4. The normalized spacial score (nSPS) is 16.3. The first-order valence-corrected chi connectivity index (χ1v) is 11.6. The number of nitrogens with one attached hydrogen (secondary N) is 2. The maximum absolute atomic E-state index is 12.9. The van der Waals surface area contributed by atoms with Crippen molar-refractivity contribution in [1.82, 2.24) is 14.9 Å². The minimum Gasteiger partial charge on any atom is -0.358 e. The Balaban J connectivity index is 1.35. The van der Waals surface area contributed by atoms with Gasteiger partial charge in [-0.05, 0) is 37.3 Å². The van der Waals surface area contributed by atoms with Gasteiger partial charge in [0, 0.05) is 34.1 Å². The van der Waals surface area contributed by atoms with Crippen molar-refractivity contribution < 1.29 is 9.59 Å². The highest BCUT2D eigenvalue weighted by Crippen LogP contribution is 2.34. The molecule has 0 saturated carbocycles. The number of hydrogen-bond acceptors (Lipinski definition) is 5. The molecule has 3 aromatic heterocycles. The molecule has 1 aromatic carbocycles. The molecule has 6 nitrogen and oxygen atoms in total. The first kappa shape index (κ1) is 19.0. The van der Waals surface area contributed by atoms with Crippen LogP contribution in [-0.4, -0.2) is 39.3 Å². The van der Waals surface area contributed by atoms with Crippen molar-refractivity contribution in [2.75, 3.05) is 11.9 Å². The van der Waals surface area contributed by atoms with Crippen LogP contribution in [0.2, 0.25) is 0 Å². The second-order valence-electron chi connectivity index (χ2n) is 7.33. The van der Waals surface area contributed by atoms with E-state index in [1.165, 1.54) is 22.7 Å². The second kappa shape index (κ2) is 7.70. The molecule has 0 spiro atoms. The number of para-hydroxylation sites is 1. The highest BCUT2D eigenvalue weighted by atomic mass is 32.1. The summed E-state index contributed by atoms with van der Waals surface area (Å²) in [6, 6.07) is 11.3. The molecule has 0 unspecified atom stereocenters. The fourth-order valence-corrected chi connectivity index (χ4v) is 5.45. The summed E-state index contributed by atoms with van der Waals surface area (Å²) < 4.78 is 0. The average Bonchev–Trinajstić information content (AvgIpc) is 3.52. The van der Waals surface area contributed by atoms with Crippen LogP contribution < -0.4 is 5.32 Å². The standard InChI is InChI=1S/C22H20N4O2S2/c1-13-19(14-6-2-3-7-15(14)23-13)16-12-30-22(24-16)25-20(27)17-8-4-10-26(17)21(28)18-9-5-11-29-18/h2-3,5-7,9,11-12,17,23H,4,8,10H2,1H3,(H,24,25,27)/t17-/m0/s1. The second-order valence-corrected chi connectivity index (χ2v) is 9.14. The number of nitrogens with zero attached hydrogens (tertiary/aromatic N) is 2. The molecule has 1 aliphatic rings. The number of aromatic nitrogens is 2. The number of fused-ring (bicyclic) bond motifs is 1. The quantitative estimate of drug-likeness (QED) is 0.477. The first-order valence-electron chi connectivity index (χ1n) is 9.80. The van der Waals surface area contributed by atoms with Crippen LogP contribution in [0.15, 0.2) is 47.2 Å². The molecule has 1 aliphatic heterocycles. The van der Waals surface area contributed by atoms with E-state index in [0.717, 1.165) is 34.3 Å². The number of thiazole rings is 1. The molecule has 30 heavy (non-hydrogen) atoms. The molecule has 4 aromatic rings. The summed E-state index contributed by atoms with van der Waals surface area (Å²) in [6.07, 6.45) is 1.50. The molecular formula is C22H20N4O2S2. The lowest BCUT2D eigenvalue weighted by molar-refractivity contribution is -0.119. The molecule has 0 aliphatic carbocycles. The summed E-state index contributed by atoms with van der Waals surface area (Å²) in [7, 11) is 0. The lowest BCUT2D eigenvalue weighted by Crippen LogP contribution is -2.42. The predicted octanol–water partition coefficient (Wildman–Crippen LogP) is 4.90. The Kier molecular flexibility index (Phi) is 4.88. The van der Waals surface area contributed by atoms with Gasteiger partial charge in [-0.3, -0.25) is 9.59 Å². The van der Waals surface area contributed by atoms with Crippen LogP contribution in [0, 0.1) is 6.92 Å². The number of carbonyl (C=O) groups is 2. The largest absolute Gasteiger partial charge is 0.358 e. The maximum atomic E-state index is 12.9. The minimum atomic E-state index is -0.457. The average molecular weight is 437 g/mol. The number of amides is 2. The number of H-pyrrole nitrogens is 1. The summed E-state index contributed by atoms with van der Waals surface area (Å²) in [5.74, 6) is -0.245. The van der Waals surface area contributed by atoms with Crippen molar-refractivity contribution in [2.24, 2.45) is 0 Å². The Bertz CT molecular complexity index is 1230. The van der Waals surface area contributed by atoms with Crippen LogP contribution in [-0.2, 0) is 4.79 Å². The summed E-state index contributed by atoms with van der Waals surface area (Å²) in [4.78, 5) is 36.1. The zero-order valence-corrected chi connectivity index (χ0v) is 18.0. The number of benzene rings is 1. The van der Waals surface area contributed by atoms with E-state index < -0.39 is 6.04 Å². The van der Waals surface area contributed by atoms with E-state index in [2.05, 4.69) is 21.4 Å². The molecule has 0 bridgehead atoms. The molecule has 0 radical (unpaired) electrons. The summed E-state index contributed by atoms with van der Waals surface area (Å²) in [5.41, 5.74) is 4.00. The van der Waals surface area contributed by atoms with Crippen molar-refractivity contribution >= 4 is 50.5 Å². The predicted molar refractivity (Wildman–Crippen MR) is 121 cm³/mol. The van der Waals surface area contributed by atoms with Crippen LogP contribution in [0.3, 0.4) is 0 Å². The van der Waals surface area contributed by atoms with Crippen molar-refractivity contribution in [1.29, 1.82) is 0 Å². The van der Waals surface area contributed by atoms with Gasteiger partial charge in [-0.2, -0.15) is 0 Å². The molecule has 1 saturated heterocycles. The zero-order valence-electron chi connectivity index (χ0n) is 16.3. The van der Waals surface area contributed by atoms with Gasteiger partial charge < -0.3 is 15.2 Å². The van der Waals surface area contributed by atoms with Gasteiger partial charge in [0.05, 0.1) is 10.6 Å². The van der Waals surface area contributed by atoms with Gasteiger partial charge in [-0.1, -0.05) is 24.3 Å². The number of hydrogen-bond donors (Lipinski definition) is 2. The van der Waals surface area contributed by atoms with Crippen molar-refractivity contribution in [3.63, 3.8) is 0 Å². The van der Waals surface area contributed by atoms with Crippen molar-refractivity contribution in [3.05, 3.63) is 57.7 Å². The number of likely N-dealkylation sites (tertiary alicyclic amines) is 1. The van der Waals surface area contributed by atoms with Crippen LogP contribution >= 0.6 is 22.7 Å². The van der Waals surface area contributed by atoms with Crippen molar-refractivity contribution in [3.8, 4) is 11.3 Å². The highest BCUT2D eigenvalue weighted by Gasteiger charge is 2.35. The monoisotopic (exact) mass is 436 g/mol. The van der Waals surface area contributed by atoms with Gasteiger partial charge in [-0.15, -0.1) is 22.7 Å². The SMILES string of the molecule is Cc1[nH]c2ccccc2c1-c1csc(NC(=O)[C@@H]2CCCN2C(=O)c2cccs2)n1. The Labute approximate surface area is 181 Å². The molecule has 4 heterocycles. The number of carbonyl (C=O) groups excluding carboxylic acids is 2. The van der Waals surface area contributed by atoms with Gasteiger partial charge in [0.15, 0.2) is 5.13 Å². The summed E-state index contributed by atoms with van der Waals surface area (Å²) >= 11 is 2.80. The smallest absolute Gasteiger partial charge is 0.264 e. The van der Waals surface area contributed by atoms with E-state index in [1.54, 1.807) is 11.0 Å². The minimum absolute atomic E-state index is 0.0723. The number of anilines is 1. The van der Waals surface area contributed by atoms with E-state index in [9.17, 15) is 9.59 Å². The van der Waals surface area contributed by atoms with E-state index in [0.29, 0.717) is 23.0 Å². The lowest BCUT2D eigenvalue weighted by Gasteiger charge is -2.22. The van der Waals surface area contributed by atoms with Crippen LogP contribution in [0.5, 0.6) is 0 Å². The Morgan fingerprint density at radius 1 is 1.20 bits per heavy atom. The molecule has 2 amide bonds. The topological polar surface area (TPSA) is 78.1 Å². The van der Waals surface area contributed by atoms with E-state index in [1.807, 2.05) is 41.9 Å². The highest BCUT2D eigenvalue weighted by molar-refractivity contribution is 7.14. The number of aromatic amines is 1.